The molecule has 1 amide bonds. The minimum Gasteiger partial charge on any atom is -0.497 e. The first kappa shape index (κ1) is 34.4. The van der Waals surface area contributed by atoms with E-state index in [0.717, 1.165) is 44.2 Å². The van der Waals surface area contributed by atoms with Crippen molar-refractivity contribution in [1.29, 1.82) is 0 Å². The van der Waals surface area contributed by atoms with Gasteiger partial charge in [-0.25, -0.2) is 0 Å². The number of hydrogen-bond donors (Lipinski definition) is 1. The standard InChI is InChI=1S/C37H38Cl2N6O4/c1-37(2)22-44(16-17-45(37)20-23-6-10-26(47-3)11-7-23)21-25-9-8-24(19-42-25)43-36(46)28-13-12-27(34-35(28)41-15-14-40-34)31-32(38)29(48-4)18-30(49-5)33(31)39/h6-15,18-19H,16-17,20-22H2,1-5H3,(H,43,46). The highest BCUT2D eigenvalue weighted by Crippen LogP contribution is 2.47. The Bertz CT molecular complexity index is 1940. The summed E-state index contributed by atoms with van der Waals surface area (Å²) in [6, 6.07) is 17.1. The lowest BCUT2D eigenvalue weighted by molar-refractivity contribution is 0.00982. The average Bonchev–Trinajstić information content (AvgIpc) is 3.10. The summed E-state index contributed by atoms with van der Waals surface area (Å²) in [4.78, 5) is 32.2. The molecule has 0 radical (unpaired) electrons. The van der Waals surface area contributed by atoms with Gasteiger partial charge in [-0.15, -0.1) is 0 Å². The van der Waals surface area contributed by atoms with Crippen LogP contribution in [0.25, 0.3) is 22.2 Å². The Morgan fingerprint density at radius 1 is 0.837 bits per heavy atom. The van der Waals surface area contributed by atoms with E-state index in [4.69, 9.17) is 37.4 Å². The number of nitrogens with zero attached hydrogens (tertiary/aromatic N) is 5. The molecule has 1 N–H and O–H groups in total. The van der Waals surface area contributed by atoms with Crippen LogP contribution in [-0.4, -0.2) is 77.2 Å². The van der Waals surface area contributed by atoms with Gasteiger partial charge in [0.1, 0.15) is 22.8 Å². The molecule has 0 bridgehead atoms. The molecule has 0 unspecified atom stereocenters. The number of piperazine rings is 1. The van der Waals surface area contributed by atoms with Gasteiger partial charge in [0, 0.05) is 67.8 Å². The van der Waals surface area contributed by atoms with Crippen molar-refractivity contribution in [2.45, 2.75) is 32.5 Å². The van der Waals surface area contributed by atoms with E-state index < -0.39 is 0 Å². The van der Waals surface area contributed by atoms with Crippen molar-refractivity contribution in [3.8, 4) is 28.4 Å². The van der Waals surface area contributed by atoms with Gasteiger partial charge in [0.25, 0.3) is 5.91 Å². The third-order valence-electron chi connectivity index (χ3n) is 8.87. The van der Waals surface area contributed by atoms with Crippen LogP contribution >= 0.6 is 23.2 Å². The number of aromatic nitrogens is 3. The Morgan fingerprint density at radius 3 is 2.14 bits per heavy atom. The molecule has 1 saturated heterocycles. The Kier molecular flexibility index (Phi) is 10.2. The van der Waals surface area contributed by atoms with E-state index in [1.807, 2.05) is 24.3 Å². The van der Waals surface area contributed by atoms with E-state index in [1.54, 1.807) is 37.7 Å². The minimum absolute atomic E-state index is 0.0113. The van der Waals surface area contributed by atoms with Crippen molar-refractivity contribution < 1.29 is 19.0 Å². The van der Waals surface area contributed by atoms with E-state index >= 15 is 0 Å². The van der Waals surface area contributed by atoms with Crippen LogP contribution in [0.2, 0.25) is 10.0 Å². The third kappa shape index (κ3) is 7.28. The number of methoxy groups -OCH3 is 3. The molecule has 49 heavy (non-hydrogen) atoms. The number of halogens is 2. The van der Waals surface area contributed by atoms with Gasteiger partial charge in [-0.05, 0) is 49.7 Å². The second kappa shape index (κ2) is 14.6. The van der Waals surface area contributed by atoms with Crippen LogP contribution in [0.5, 0.6) is 17.2 Å². The molecule has 1 aliphatic rings. The lowest BCUT2D eigenvalue weighted by atomic mass is 9.97. The van der Waals surface area contributed by atoms with E-state index in [1.165, 1.54) is 26.0 Å². The number of pyridine rings is 1. The highest BCUT2D eigenvalue weighted by atomic mass is 35.5. The number of anilines is 1. The van der Waals surface area contributed by atoms with Gasteiger partial charge in [-0.2, -0.15) is 0 Å². The summed E-state index contributed by atoms with van der Waals surface area (Å²) in [6.07, 6.45) is 4.77. The summed E-state index contributed by atoms with van der Waals surface area (Å²) in [5.41, 5.74) is 5.00. The first-order valence-corrected chi connectivity index (χ1v) is 16.6. The van der Waals surface area contributed by atoms with Crippen molar-refractivity contribution in [3.05, 3.63) is 100 Å². The van der Waals surface area contributed by atoms with Crippen LogP contribution in [0.3, 0.4) is 0 Å². The minimum atomic E-state index is -0.346. The number of carbonyl (C=O) groups is 1. The fourth-order valence-electron chi connectivity index (χ4n) is 6.25. The summed E-state index contributed by atoms with van der Waals surface area (Å²) < 4.78 is 16.2. The lowest BCUT2D eigenvalue weighted by Crippen LogP contribution is -2.58. The Morgan fingerprint density at radius 2 is 1.53 bits per heavy atom. The van der Waals surface area contributed by atoms with Gasteiger partial charge in [0.2, 0.25) is 0 Å². The summed E-state index contributed by atoms with van der Waals surface area (Å²) in [6.45, 7) is 8.97. The number of amides is 1. The van der Waals surface area contributed by atoms with Crippen LogP contribution in [-0.2, 0) is 13.1 Å². The fourth-order valence-corrected chi connectivity index (χ4v) is 6.96. The maximum Gasteiger partial charge on any atom is 0.257 e. The van der Waals surface area contributed by atoms with Gasteiger partial charge < -0.3 is 19.5 Å². The molecular formula is C37H38Cl2N6O4. The molecule has 0 atom stereocenters. The second-order valence-corrected chi connectivity index (χ2v) is 13.2. The molecular weight excluding hydrogens is 663 g/mol. The zero-order chi connectivity index (χ0) is 34.7. The van der Waals surface area contributed by atoms with Crippen LogP contribution in [0.15, 0.2) is 73.2 Å². The molecule has 2 aromatic heterocycles. The molecule has 1 fully saturated rings. The number of carbonyl (C=O) groups excluding carboxylic acids is 1. The van der Waals surface area contributed by atoms with E-state index in [2.05, 4.69) is 56.0 Å². The van der Waals surface area contributed by atoms with Crippen LogP contribution in [0, 0.1) is 0 Å². The molecule has 12 heteroatoms. The first-order valence-electron chi connectivity index (χ1n) is 15.8. The summed E-state index contributed by atoms with van der Waals surface area (Å²) in [5.74, 6) is 1.31. The van der Waals surface area contributed by atoms with Crippen molar-refractivity contribution in [2.75, 3.05) is 46.3 Å². The predicted molar refractivity (Wildman–Crippen MR) is 193 cm³/mol. The monoisotopic (exact) mass is 700 g/mol. The number of fused-ring (bicyclic) bond motifs is 1. The SMILES string of the molecule is COc1ccc(CN2CCN(Cc3ccc(NC(=O)c4ccc(-c5c(Cl)c(OC)cc(OC)c5Cl)c5nccnc45)cn3)CC2(C)C)cc1. The molecule has 0 aliphatic carbocycles. The molecule has 0 saturated carbocycles. The Hall–Kier alpha value is -4.48. The van der Waals surface area contributed by atoms with Gasteiger partial charge in [-0.1, -0.05) is 41.4 Å². The fraction of sp³-hybridized carbons (Fsp3) is 0.297. The Balaban J connectivity index is 1.14. The predicted octanol–water partition coefficient (Wildman–Crippen LogP) is 7.37. The number of hydrogen-bond acceptors (Lipinski definition) is 9. The third-order valence-corrected chi connectivity index (χ3v) is 9.62. The molecule has 1 aliphatic heterocycles. The first-order chi connectivity index (χ1) is 23.6. The highest BCUT2D eigenvalue weighted by Gasteiger charge is 2.33. The molecule has 3 heterocycles. The van der Waals surface area contributed by atoms with Crippen molar-refractivity contribution in [3.63, 3.8) is 0 Å². The zero-order valence-electron chi connectivity index (χ0n) is 28.1. The van der Waals surface area contributed by atoms with E-state index in [-0.39, 0.29) is 11.4 Å². The van der Waals surface area contributed by atoms with Crippen molar-refractivity contribution >= 4 is 45.8 Å². The topological polar surface area (TPSA) is 102 Å². The number of rotatable bonds is 10. The lowest BCUT2D eigenvalue weighted by Gasteiger charge is -2.47. The maximum atomic E-state index is 13.6. The van der Waals surface area contributed by atoms with E-state index in [0.29, 0.717) is 55.0 Å². The second-order valence-electron chi connectivity index (χ2n) is 12.5. The Labute approximate surface area is 295 Å². The number of ether oxygens (including phenoxy) is 3. The summed E-state index contributed by atoms with van der Waals surface area (Å²) in [7, 11) is 4.71. The quantitative estimate of drug-likeness (QED) is 0.160. The van der Waals surface area contributed by atoms with E-state index in [9.17, 15) is 4.79 Å². The number of nitrogens with one attached hydrogen (secondary N) is 1. The molecule has 6 rings (SSSR count). The average molecular weight is 702 g/mol. The molecule has 5 aromatic rings. The molecule has 0 spiro atoms. The summed E-state index contributed by atoms with van der Waals surface area (Å²) in [5, 5.41) is 3.55. The van der Waals surface area contributed by atoms with Crippen molar-refractivity contribution in [2.24, 2.45) is 0 Å². The highest BCUT2D eigenvalue weighted by molar-refractivity contribution is 6.41. The van der Waals surface area contributed by atoms with Gasteiger partial charge in [-0.3, -0.25) is 29.5 Å². The molecule has 254 valence electrons. The zero-order valence-corrected chi connectivity index (χ0v) is 29.6. The smallest absolute Gasteiger partial charge is 0.257 e. The molecule has 10 nitrogen and oxygen atoms in total. The van der Waals surface area contributed by atoms with Crippen molar-refractivity contribution in [1.82, 2.24) is 24.8 Å². The van der Waals surface area contributed by atoms with Crippen LogP contribution < -0.4 is 19.5 Å². The number of benzene rings is 3. The normalized spacial score (nSPS) is 14.8. The largest absolute Gasteiger partial charge is 0.497 e. The van der Waals surface area contributed by atoms with Crippen LogP contribution in [0.1, 0.15) is 35.5 Å². The van der Waals surface area contributed by atoms with Gasteiger partial charge in [0.05, 0.1) is 60.0 Å². The molecule has 3 aromatic carbocycles. The van der Waals surface area contributed by atoms with Gasteiger partial charge in [0.15, 0.2) is 0 Å². The summed E-state index contributed by atoms with van der Waals surface area (Å²) >= 11 is 13.4. The van der Waals surface area contributed by atoms with Crippen LogP contribution in [0.4, 0.5) is 5.69 Å². The van der Waals surface area contributed by atoms with Gasteiger partial charge >= 0.3 is 0 Å². The maximum absolute atomic E-state index is 13.6.